The Labute approximate surface area is 174 Å². The highest BCUT2D eigenvalue weighted by molar-refractivity contribution is 6.30. The van der Waals surface area contributed by atoms with E-state index in [0.29, 0.717) is 29.7 Å². The number of amides is 1. The largest absolute Gasteiger partial charge is 0.454 e. The Morgan fingerprint density at radius 3 is 2.59 bits per heavy atom. The number of pyridine rings is 1. The minimum Gasteiger partial charge on any atom is -0.454 e. The Bertz CT molecular complexity index is 1050. The number of carbonyl (C=O) groups is 1. The maximum atomic E-state index is 12.6. The van der Waals surface area contributed by atoms with Crippen molar-refractivity contribution < 1.29 is 19.0 Å². The summed E-state index contributed by atoms with van der Waals surface area (Å²) in [4.78, 5) is 18.9. The van der Waals surface area contributed by atoms with Crippen molar-refractivity contribution in [1.29, 1.82) is 0 Å². The summed E-state index contributed by atoms with van der Waals surface area (Å²) in [5.41, 5.74) is 3.68. The van der Waals surface area contributed by atoms with Crippen molar-refractivity contribution in [2.24, 2.45) is 0 Å². The van der Waals surface area contributed by atoms with Crippen molar-refractivity contribution in [3.63, 3.8) is 0 Å². The van der Waals surface area contributed by atoms with Crippen molar-refractivity contribution in [1.82, 2.24) is 9.88 Å². The van der Waals surface area contributed by atoms with Crippen LogP contribution in [-0.2, 0) is 22.6 Å². The molecule has 6 nitrogen and oxygen atoms in total. The van der Waals surface area contributed by atoms with Crippen LogP contribution in [-0.4, -0.2) is 36.3 Å². The van der Waals surface area contributed by atoms with Crippen LogP contribution in [0.4, 0.5) is 0 Å². The van der Waals surface area contributed by atoms with Gasteiger partial charge in [0.1, 0.15) is 11.8 Å². The van der Waals surface area contributed by atoms with Gasteiger partial charge in [0.25, 0.3) is 0 Å². The van der Waals surface area contributed by atoms with Gasteiger partial charge in [-0.25, -0.2) is 4.98 Å². The number of benzene rings is 2. The smallest absolute Gasteiger partial charge is 0.249 e. The second-order valence-electron chi connectivity index (χ2n) is 7.00. The second kappa shape index (κ2) is 8.27. The van der Waals surface area contributed by atoms with Crippen LogP contribution in [0, 0.1) is 6.92 Å². The first kappa shape index (κ1) is 19.5. The minimum absolute atomic E-state index is 0.00315. The van der Waals surface area contributed by atoms with Crippen LogP contribution in [0.25, 0.3) is 10.9 Å². The summed E-state index contributed by atoms with van der Waals surface area (Å²) in [7, 11) is 1.51. The third-order valence-electron chi connectivity index (χ3n) is 4.81. The molecule has 0 fully saturated rings. The lowest BCUT2D eigenvalue weighted by Gasteiger charge is -2.23. The molecule has 1 aliphatic rings. The Morgan fingerprint density at radius 2 is 1.86 bits per heavy atom. The Balaban J connectivity index is 1.64. The number of halogens is 1. The van der Waals surface area contributed by atoms with Gasteiger partial charge < -0.3 is 19.1 Å². The van der Waals surface area contributed by atoms with Gasteiger partial charge in [-0.1, -0.05) is 41.4 Å². The molecule has 7 heteroatoms. The van der Waals surface area contributed by atoms with Gasteiger partial charge >= 0.3 is 0 Å². The lowest BCUT2D eigenvalue weighted by Crippen LogP contribution is -2.33. The fraction of sp³-hybridized carbons (Fsp3) is 0.273. The number of aryl methyl sites for hydroxylation is 1. The van der Waals surface area contributed by atoms with E-state index in [-0.39, 0.29) is 19.3 Å². The van der Waals surface area contributed by atoms with E-state index < -0.39 is 0 Å². The summed E-state index contributed by atoms with van der Waals surface area (Å²) in [5, 5.41) is 1.23. The molecule has 0 saturated carbocycles. The van der Waals surface area contributed by atoms with Crippen molar-refractivity contribution in [3.05, 3.63) is 64.3 Å². The van der Waals surface area contributed by atoms with Crippen LogP contribution in [0.15, 0.2) is 42.5 Å². The van der Waals surface area contributed by atoms with Crippen LogP contribution in [0.3, 0.4) is 0 Å². The molecule has 0 saturated heterocycles. The molecule has 0 radical (unpaired) electrons. The fourth-order valence-corrected chi connectivity index (χ4v) is 3.47. The number of rotatable bonds is 6. The standard InChI is InChI=1S/C22H21ClN2O4/c1-14-3-5-15(6-4-14)10-25(21(26)12-27-2)11-17-7-16-8-19-20(29-13-28-19)9-18(16)24-22(17)23/h3-9H,10-13H2,1-2H3. The molecular weight excluding hydrogens is 392 g/mol. The molecule has 0 atom stereocenters. The molecule has 4 rings (SSSR count). The fourth-order valence-electron chi connectivity index (χ4n) is 3.26. The zero-order chi connectivity index (χ0) is 20.4. The second-order valence-corrected chi connectivity index (χ2v) is 7.36. The average molecular weight is 413 g/mol. The van der Waals surface area contributed by atoms with E-state index in [9.17, 15) is 4.79 Å². The number of carbonyl (C=O) groups excluding carboxylic acids is 1. The third-order valence-corrected chi connectivity index (χ3v) is 5.14. The molecule has 0 spiro atoms. The van der Waals surface area contributed by atoms with E-state index in [1.165, 1.54) is 12.7 Å². The van der Waals surface area contributed by atoms with Crippen LogP contribution >= 0.6 is 11.6 Å². The summed E-state index contributed by atoms with van der Waals surface area (Å²) >= 11 is 6.45. The van der Waals surface area contributed by atoms with Crippen LogP contribution in [0.5, 0.6) is 11.5 Å². The van der Waals surface area contributed by atoms with E-state index in [1.807, 2.05) is 49.4 Å². The van der Waals surface area contributed by atoms with Crippen molar-refractivity contribution >= 4 is 28.4 Å². The van der Waals surface area contributed by atoms with Crippen molar-refractivity contribution in [2.75, 3.05) is 20.5 Å². The summed E-state index contributed by atoms with van der Waals surface area (Å²) in [5.74, 6) is 1.22. The lowest BCUT2D eigenvalue weighted by atomic mass is 10.1. The lowest BCUT2D eigenvalue weighted by molar-refractivity contribution is -0.136. The zero-order valence-corrected chi connectivity index (χ0v) is 17.0. The quantitative estimate of drug-likeness (QED) is 0.570. The summed E-state index contributed by atoms with van der Waals surface area (Å²) in [6.07, 6.45) is 0. The van der Waals surface area contributed by atoms with Gasteiger partial charge in [-0.15, -0.1) is 0 Å². The first-order chi connectivity index (χ1) is 14.0. The summed E-state index contributed by atoms with van der Waals surface area (Å²) in [6.45, 7) is 3.01. The van der Waals surface area contributed by atoms with Gasteiger partial charge in [-0.3, -0.25) is 4.79 Å². The predicted molar refractivity (Wildman–Crippen MR) is 110 cm³/mol. The molecule has 2 aromatic carbocycles. The topological polar surface area (TPSA) is 60.9 Å². The van der Waals surface area contributed by atoms with Gasteiger partial charge in [-0.2, -0.15) is 0 Å². The van der Waals surface area contributed by atoms with Gasteiger partial charge in [0.2, 0.25) is 12.7 Å². The number of nitrogens with zero attached hydrogens (tertiary/aromatic N) is 2. The highest BCUT2D eigenvalue weighted by atomic mass is 35.5. The van der Waals surface area contributed by atoms with Gasteiger partial charge in [0.05, 0.1) is 5.52 Å². The zero-order valence-electron chi connectivity index (χ0n) is 16.3. The number of aromatic nitrogens is 1. The van der Waals surface area contributed by atoms with Crippen molar-refractivity contribution in [2.45, 2.75) is 20.0 Å². The molecule has 1 aliphatic heterocycles. The molecule has 0 bridgehead atoms. The Morgan fingerprint density at radius 1 is 1.14 bits per heavy atom. The SMILES string of the molecule is COCC(=O)N(Cc1ccc(C)cc1)Cc1cc2cc3c(cc2nc1Cl)OCO3. The maximum absolute atomic E-state index is 12.6. The minimum atomic E-state index is -0.116. The van der Waals surface area contributed by atoms with Crippen molar-refractivity contribution in [3.8, 4) is 11.5 Å². The first-order valence-corrected chi connectivity index (χ1v) is 9.62. The average Bonchev–Trinajstić information content (AvgIpc) is 3.15. The Kier molecular flexibility index (Phi) is 5.56. The predicted octanol–water partition coefficient (Wildman–Crippen LogP) is 4.10. The molecule has 0 aliphatic carbocycles. The molecule has 2 heterocycles. The third kappa shape index (κ3) is 4.28. The molecule has 3 aromatic rings. The van der Waals surface area contributed by atoms with E-state index in [2.05, 4.69) is 4.98 Å². The molecule has 0 unspecified atom stereocenters. The maximum Gasteiger partial charge on any atom is 0.249 e. The molecule has 1 aromatic heterocycles. The molecule has 0 N–H and O–H groups in total. The number of hydrogen-bond donors (Lipinski definition) is 0. The normalized spacial score (nSPS) is 12.4. The highest BCUT2D eigenvalue weighted by Gasteiger charge is 2.19. The molecule has 29 heavy (non-hydrogen) atoms. The van der Waals surface area contributed by atoms with E-state index in [4.69, 9.17) is 25.8 Å². The summed E-state index contributed by atoms with van der Waals surface area (Å²) < 4.78 is 15.9. The molecule has 1 amide bonds. The number of ether oxygens (including phenoxy) is 3. The van der Waals surface area contributed by atoms with Crippen LogP contribution < -0.4 is 9.47 Å². The van der Waals surface area contributed by atoms with E-state index >= 15 is 0 Å². The van der Waals surface area contributed by atoms with Gasteiger partial charge in [0.15, 0.2) is 11.5 Å². The Hall–Kier alpha value is -2.83. The van der Waals surface area contributed by atoms with E-state index in [1.54, 1.807) is 4.90 Å². The van der Waals surface area contributed by atoms with Crippen LogP contribution in [0.2, 0.25) is 5.15 Å². The monoisotopic (exact) mass is 412 g/mol. The summed E-state index contributed by atoms with van der Waals surface area (Å²) in [6, 6.07) is 13.7. The number of methoxy groups -OCH3 is 1. The molecule has 150 valence electrons. The van der Waals surface area contributed by atoms with Gasteiger partial charge in [-0.05, 0) is 24.6 Å². The number of hydrogen-bond acceptors (Lipinski definition) is 5. The molecular formula is C22H21ClN2O4. The highest BCUT2D eigenvalue weighted by Crippen LogP contribution is 2.36. The first-order valence-electron chi connectivity index (χ1n) is 9.24. The van der Waals surface area contributed by atoms with Crippen LogP contribution in [0.1, 0.15) is 16.7 Å². The number of fused-ring (bicyclic) bond motifs is 2. The van der Waals surface area contributed by atoms with E-state index in [0.717, 1.165) is 22.0 Å². The van der Waals surface area contributed by atoms with Gasteiger partial charge in [0, 0.05) is 37.2 Å².